The number of hydroxylamine groups is 1. The molecule has 11 heteroatoms. The summed E-state index contributed by atoms with van der Waals surface area (Å²) in [4.78, 5) is 23.8. The predicted octanol–water partition coefficient (Wildman–Crippen LogP) is 2.53. The van der Waals surface area contributed by atoms with Gasteiger partial charge in [0.15, 0.2) is 0 Å². The number of carboxylic acids is 1. The molecule has 1 fully saturated rings. The number of sulfonamides is 1. The van der Waals surface area contributed by atoms with Crippen LogP contribution in [0.4, 0.5) is 0 Å². The van der Waals surface area contributed by atoms with E-state index in [0.29, 0.717) is 5.02 Å². The van der Waals surface area contributed by atoms with Crippen LogP contribution in [0.3, 0.4) is 0 Å². The molecule has 2 aromatic rings. The van der Waals surface area contributed by atoms with Crippen LogP contribution in [0.2, 0.25) is 5.02 Å². The smallest absolute Gasteiger partial charge is 0.304 e. The van der Waals surface area contributed by atoms with Crippen molar-refractivity contribution in [3.05, 3.63) is 53.6 Å². The summed E-state index contributed by atoms with van der Waals surface area (Å²) in [6.07, 6.45) is -0.564. The molecule has 1 aliphatic heterocycles. The zero-order chi connectivity index (χ0) is 23.4. The molecular weight excluding hydrogens is 460 g/mol. The molecule has 172 valence electrons. The van der Waals surface area contributed by atoms with E-state index in [2.05, 4.69) is 0 Å². The topological polar surface area (TPSA) is 133 Å². The van der Waals surface area contributed by atoms with E-state index in [1.807, 2.05) is 0 Å². The quantitative estimate of drug-likeness (QED) is 0.389. The summed E-state index contributed by atoms with van der Waals surface area (Å²) >= 11 is 5.91. The lowest BCUT2D eigenvalue weighted by Gasteiger charge is -2.43. The van der Waals surface area contributed by atoms with Crippen LogP contribution in [0.15, 0.2) is 53.4 Å². The van der Waals surface area contributed by atoms with Crippen LogP contribution >= 0.6 is 11.6 Å². The van der Waals surface area contributed by atoms with Crippen molar-refractivity contribution in [2.24, 2.45) is 0 Å². The van der Waals surface area contributed by atoms with Crippen LogP contribution in [0.5, 0.6) is 0 Å². The predicted molar refractivity (Wildman–Crippen MR) is 116 cm³/mol. The van der Waals surface area contributed by atoms with Crippen molar-refractivity contribution in [2.75, 3.05) is 19.8 Å². The molecule has 0 saturated carbocycles. The number of hydrogen-bond donors (Lipinski definition) is 3. The summed E-state index contributed by atoms with van der Waals surface area (Å²) in [6, 6.07) is 13.1. The second-order valence-electron chi connectivity index (χ2n) is 7.34. The monoisotopic (exact) mass is 482 g/mol. The maximum Gasteiger partial charge on any atom is 0.304 e. The SMILES string of the molecule is O=C(O)CCN(C1(C(=O)NO)CCOCC1)S(=O)(=O)c1ccc(-c2ccc(Cl)cc2)cc1. The highest BCUT2D eigenvalue weighted by atomic mass is 35.5. The van der Waals surface area contributed by atoms with Gasteiger partial charge in [0, 0.05) is 24.8 Å². The van der Waals surface area contributed by atoms with Crippen molar-refractivity contribution < 1.29 is 33.1 Å². The molecule has 0 atom stereocenters. The zero-order valence-electron chi connectivity index (χ0n) is 17.0. The van der Waals surface area contributed by atoms with Crippen LogP contribution in [-0.4, -0.2) is 60.2 Å². The molecule has 1 heterocycles. The molecule has 32 heavy (non-hydrogen) atoms. The first kappa shape index (κ1) is 24.1. The Hall–Kier alpha value is -2.50. The van der Waals surface area contributed by atoms with Gasteiger partial charge in [0.25, 0.3) is 5.91 Å². The van der Waals surface area contributed by atoms with E-state index < -0.39 is 40.4 Å². The van der Waals surface area contributed by atoms with Crippen molar-refractivity contribution in [1.29, 1.82) is 0 Å². The van der Waals surface area contributed by atoms with Crippen molar-refractivity contribution in [2.45, 2.75) is 29.7 Å². The van der Waals surface area contributed by atoms with E-state index in [4.69, 9.17) is 21.4 Å². The van der Waals surface area contributed by atoms with E-state index >= 15 is 0 Å². The van der Waals surface area contributed by atoms with Crippen molar-refractivity contribution in [1.82, 2.24) is 9.79 Å². The minimum Gasteiger partial charge on any atom is -0.481 e. The van der Waals surface area contributed by atoms with Gasteiger partial charge in [0.2, 0.25) is 10.0 Å². The van der Waals surface area contributed by atoms with Gasteiger partial charge in [-0.25, -0.2) is 13.9 Å². The number of amides is 1. The van der Waals surface area contributed by atoms with Gasteiger partial charge in [-0.2, -0.15) is 4.31 Å². The Labute approximate surface area is 190 Å². The average Bonchev–Trinajstić information content (AvgIpc) is 2.79. The van der Waals surface area contributed by atoms with E-state index in [-0.39, 0.29) is 31.0 Å². The van der Waals surface area contributed by atoms with Crippen LogP contribution in [-0.2, 0) is 24.3 Å². The minimum absolute atomic E-state index is 0.0267. The van der Waals surface area contributed by atoms with Crippen LogP contribution in [0.25, 0.3) is 11.1 Å². The Morgan fingerprint density at radius 2 is 1.56 bits per heavy atom. The lowest BCUT2D eigenvalue weighted by molar-refractivity contribution is -0.146. The third-order valence-electron chi connectivity index (χ3n) is 5.47. The van der Waals surface area contributed by atoms with Crippen LogP contribution < -0.4 is 5.48 Å². The molecule has 0 aliphatic carbocycles. The van der Waals surface area contributed by atoms with Gasteiger partial charge >= 0.3 is 5.97 Å². The molecule has 1 saturated heterocycles. The van der Waals surface area contributed by atoms with Crippen molar-refractivity contribution in [3.63, 3.8) is 0 Å². The molecule has 0 bridgehead atoms. The Kier molecular flexibility index (Phi) is 7.52. The normalized spacial score (nSPS) is 16.0. The second-order valence-corrected chi connectivity index (χ2v) is 9.64. The first-order chi connectivity index (χ1) is 15.2. The van der Waals surface area contributed by atoms with Crippen LogP contribution in [0.1, 0.15) is 19.3 Å². The highest BCUT2D eigenvalue weighted by Gasteiger charge is 2.50. The maximum absolute atomic E-state index is 13.6. The zero-order valence-corrected chi connectivity index (χ0v) is 18.6. The first-order valence-corrected chi connectivity index (χ1v) is 11.7. The number of carbonyl (C=O) groups excluding carboxylic acids is 1. The molecule has 9 nitrogen and oxygen atoms in total. The fraction of sp³-hybridized carbons (Fsp3) is 0.333. The standard InChI is InChI=1S/C21H23ClN2O7S/c22-17-5-1-15(2-6-17)16-3-7-18(8-4-16)32(29,30)24(12-9-19(25)26)21(20(27)23-28)10-13-31-14-11-21/h1-8,28H,9-14H2,(H,23,27)(H,25,26). The molecule has 3 rings (SSSR count). The highest BCUT2D eigenvalue weighted by Crippen LogP contribution is 2.34. The Balaban J connectivity index is 2.01. The highest BCUT2D eigenvalue weighted by molar-refractivity contribution is 7.89. The largest absolute Gasteiger partial charge is 0.481 e. The summed E-state index contributed by atoms with van der Waals surface area (Å²) < 4.78 is 33.3. The van der Waals surface area contributed by atoms with E-state index in [0.717, 1.165) is 15.4 Å². The molecule has 0 spiro atoms. The van der Waals surface area contributed by atoms with Gasteiger partial charge in [-0.15, -0.1) is 0 Å². The molecule has 2 aromatic carbocycles. The second kappa shape index (κ2) is 9.97. The molecule has 1 aliphatic rings. The molecular formula is C21H23ClN2O7S. The lowest BCUT2D eigenvalue weighted by Crippen LogP contribution is -2.62. The third-order valence-corrected chi connectivity index (χ3v) is 7.70. The Morgan fingerprint density at radius 1 is 1.03 bits per heavy atom. The van der Waals surface area contributed by atoms with Crippen molar-refractivity contribution >= 4 is 33.5 Å². The number of carbonyl (C=O) groups is 2. The summed E-state index contributed by atoms with van der Waals surface area (Å²) in [5.74, 6) is -2.14. The molecule has 0 aromatic heterocycles. The number of nitrogens with zero attached hydrogens (tertiary/aromatic N) is 1. The Bertz CT molecular complexity index is 1070. The number of rotatable bonds is 8. The van der Waals surface area contributed by atoms with Gasteiger partial charge in [-0.05, 0) is 48.2 Å². The van der Waals surface area contributed by atoms with Gasteiger partial charge in [-0.3, -0.25) is 14.8 Å². The van der Waals surface area contributed by atoms with E-state index in [1.54, 1.807) is 41.9 Å². The fourth-order valence-electron chi connectivity index (χ4n) is 3.75. The van der Waals surface area contributed by atoms with E-state index in [9.17, 15) is 23.2 Å². The van der Waals surface area contributed by atoms with Gasteiger partial charge in [-0.1, -0.05) is 35.9 Å². The number of hydrogen-bond acceptors (Lipinski definition) is 6. The average molecular weight is 483 g/mol. The van der Waals surface area contributed by atoms with Gasteiger partial charge in [0.05, 0.1) is 11.3 Å². The summed E-state index contributed by atoms with van der Waals surface area (Å²) in [5.41, 5.74) is 1.46. The Morgan fingerprint density at radius 3 is 2.06 bits per heavy atom. The molecule has 0 unspecified atom stereocenters. The lowest BCUT2D eigenvalue weighted by atomic mass is 9.89. The maximum atomic E-state index is 13.6. The fourth-order valence-corrected chi connectivity index (χ4v) is 5.67. The number of halogens is 1. The summed E-state index contributed by atoms with van der Waals surface area (Å²) in [7, 11) is -4.29. The van der Waals surface area contributed by atoms with E-state index in [1.165, 1.54) is 12.1 Å². The summed E-state index contributed by atoms with van der Waals surface area (Å²) in [5, 5.41) is 19.0. The number of ether oxygens (including phenoxy) is 1. The number of benzene rings is 2. The summed E-state index contributed by atoms with van der Waals surface area (Å²) in [6.45, 7) is -0.270. The number of nitrogens with one attached hydrogen (secondary N) is 1. The van der Waals surface area contributed by atoms with Gasteiger partial charge < -0.3 is 9.84 Å². The van der Waals surface area contributed by atoms with Crippen molar-refractivity contribution in [3.8, 4) is 11.1 Å². The minimum atomic E-state index is -4.29. The molecule has 1 amide bonds. The molecule has 0 radical (unpaired) electrons. The number of aliphatic carboxylic acids is 1. The first-order valence-electron chi connectivity index (χ1n) is 9.84. The molecule has 3 N–H and O–H groups in total. The van der Waals surface area contributed by atoms with Gasteiger partial charge in [0.1, 0.15) is 5.54 Å². The number of carboxylic acid groups (broad SMARTS) is 1. The third kappa shape index (κ3) is 4.94. The van der Waals surface area contributed by atoms with Crippen LogP contribution in [0, 0.1) is 0 Å².